The van der Waals surface area contributed by atoms with E-state index in [1.54, 1.807) is 12.1 Å². The van der Waals surface area contributed by atoms with Gasteiger partial charge in [0.05, 0.1) is 12.2 Å². The van der Waals surface area contributed by atoms with Crippen molar-refractivity contribution in [1.29, 1.82) is 0 Å². The van der Waals surface area contributed by atoms with Crippen LogP contribution in [0.25, 0.3) is 0 Å². The van der Waals surface area contributed by atoms with E-state index >= 15 is 0 Å². The normalized spacial score (nSPS) is 34.0. The molecule has 1 saturated carbocycles. The summed E-state index contributed by atoms with van der Waals surface area (Å²) in [7, 11) is 0. The summed E-state index contributed by atoms with van der Waals surface area (Å²) in [6.07, 6.45) is 4.51. The minimum atomic E-state index is -0.582. The van der Waals surface area contributed by atoms with Crippen molar-refractivity contribution in [3.05, 3.63) is 29.3 Å². The van der Waals surface area contributed by atoms with Crippen molar-refractivity contribution in [2.75, 3.05) is 6.61 Å². The topological polar surface area (TPSA) is 72.6 Å². The lowest BCUT2D eigenvalue weighted by Crippen LogP contribution is -2.46. The molecule has 0 spiro atoms. The van der Waals surface area contributed by atoms with E-state index in [4.69, 9.17) is 10.5 Å². The first-order valence-corrected chi connectivity index (χ1v) is 8.17. The molecule has 1 aliphatic carbocycles. The lowest BCUT2D eigenvalue weighted by Gasteiger charge is -2.48. The van der Waals surface area contributed by atoms with Gasteiger partial charge >= 0.3 is 0 Å². The van der Waals surface area contributed by atoms with E-state index in [-0.39, 0.29) is 5.41 Å². The fourth-order valence-electron chi connectivity index (χ4n) is 4.43. The number of rotatable bonds is 2. The second-order valence-electron chi connectivity index (χ2n) is 7.12. The molecule has 1 aliphatic heterocycles. The van der Waals surface area contributed by atoms with Crippen LogP contribution >= 0.6 is 0 Å². The molecule has 3 atom stereocenters. The fourth-order valence-corrected chi connectivity index (χ4v) is 4.43. The van der Waals surface area contributed by atoms with E-state index in [0.717, 1.165) is 37.9 Å². The number of carbonyl (C=O) groups is 1. The van der Waals surface area contributed by atoms with Crippen molar-refractivity contribution in [2.24, 2.45) is 11.7 Å². The van der Waals surface area contributed by atoms with E-state index in [2.05, 4.69) is 6.92 Å². The molecule has 2 unspecified atom stereocenters. The van der Waals surface area contributed by atoms with Crippen molar-refractivity contribution in [1.82, 2.24) is 0 Å². The predicted octanol–water partition coefficient (Wildman–Crippen LogP) is 2.77. The molecular formula is C18H25NO3. The highest BCUT2D eigenvalue weighted by molar-refractivity contribution is 5.93. The third-order valence-electron chi connectivity index (χ3n) is 5.73. The van der Waals surface area contributed by atoms with Gasteiger partial charge < -0.3 is 15.6 Å². The first-order valence-electron chi connectivity index (χ1n) is 8.17. The first kappa shape index (κ1) is 15.3. The van der Waals surface area contributed by atoms with Crippen LogP contribution in [0.4, 0.5) is 0 Å². The number of nitrogens with two attached hydrogens (primary N) is 1. The standard InChI is InChI=1S/C18H25NO3/c1-3-18-8-7-17(2,21)11-13(18)6-9-22-15-10-12(16(19)20)4-5-14(15)18/h4-5,10,13,21H,3,6-9,11H2,1-2H3,(H2,19,20)/t13?,17-,18?/m1/s1. The monoisotopic (exact) mass is 303 g/mol. The average Bonchev–Trinajstić information content (AvgIpc) is 2.62. The second kappa shape index (κ2) is 5.27. The number of primary amides is 1. The highest BCUT2D eigenvalue weighted by Crippen LogP contribution is 2.54. The Kier molecular flexibility index (Phi) is 3.68. The van der Waals surface area contributed by atoms with E-state index in [9.17, 15) is 9.90 Å². The van der Waals surface area contributed by atoms with Gasteiger partial charge in [-0.25, -0.2) is 0 Å². The molecule has 22 heavy (non-hydrogen) atoms. The van der Waals surface area contributed by atoms with E-state index < -0.39 is 11.5 Å². The Morgan fingerprint density at radius 3 is 2.91 bits per heavy atom. The number of amides is 1. The molecule has 1 amide bonds. The molecule has 4 nitrogen and oxygen atoms in total. The van der Waals surface area contributed by atoms with Crippen LogP contribution in [0.2, 0.25) is 0 Å². The van der Waals surface area contributed by atoms with Gasteiger partial charge in [0.1, 0.15) is 5.75 Å². The summed E-state index contributed by atoms with van der Waals surface area (Å²) in [5.74, 6) is 0.772. The van der Waals surface area contributed by atoms with Crippen molar-refractivity contribution >= 4 is 5.91 Å². The zero-order valence-electron chi connectivity index (χ0n) is 13.4. The van der Waals surface area contributed by atoms with Crippen molar-refractivity contribution < 1.29 is 14.6 Å². The maximum Gasteiger partial charge on any atom is 0.248 e. The van der Waals surface area contributed by atoms with Crippen LogP contribution in [-0.4, -0.2) is 23.2 Å². The molecule has 0 radical (unpaired) electrons. The van der Waals surface area contributed by atoms with Crippen LogP contribution in [0.1, 0.15) is 61.9 Å². The van der Waals surface area contributed by atoms with Crippen LogP contribution in [0.5, 0.6) is 5.75 Å². The minimum absolute atomic E-state index is 0.0320. The quantitative estimate of drug-likeness (QED) is 0.882. The number of fused-ring (bicyclic) bond motifs is 3. The Balaban J connectivity index is 2.08. The van der Waals surface area contributed by atoms with Crippen LogP contribution in [-0.2, 0) is 5.41 Å². The van der Waals surface area contributed by atoms with E-state index in [1.165, 1.54) is 5.56 Å². The van der Waals surface area contributed by atoms with Crippen LogP contribution in [0, 0.1) is 5.92 Å². The van der Waals surface area contributed by atoms with Gasteiger partial charge in [0, 0.05) is 16.5 Å². The lowest BCUT2D eigenvalue weighted by molar-refractivity contribution is -0.0341. The van der Waals surface area contributed by atoms with Gasteiger partial charge in [0.2, 0.25) is 5.91 Å². The molecule has 3 rings (SSSR count). The van der Waals surface area contributed by atoms with E-state index in [1.807, 2.05) is 13.0 Å². The first-order chi connectivity index (χ1) is 10.4. The molecule has 0 aromatic heterocycles. The maximum absolute atomic E-state index is 11.4. The van der Waals surface area contributed by atoms with Gasteiger partial charge in [-0.2, -0.15) is 0 Å². The molecule has 2 aliphatic rings. The van der Waals surface area contributed by atoms with Gasteiger partial charge in [-0.15, -0.1) is 0 Å². The van der Waals surface area contributed by atoms with Crippen molar-refractivity contribution in [3.63, 3.8) is 0 Å². The summed E-state index contributed by atoms with van der Waals surface area (Å²) in [5.41, 5.74) is 6.51. The van der Waals surface area contributed by atoms with Gasteiger partial charge in [-0.1, -0.05) is 13.0 Å². The molecular weight excluding hydrogens is 278 g/mol. The SMILES string of the molecule is CCC12CC[C@@](C)(O)CC1CCOc1cc(C(N)=O)ccc12. The molecule has 1 aromatic rings. The smallest absolute Gasteiger partial charge is 0.248 e. The fraction of sp³-hybridized carbons (Fsp3) is 0.611. The third-order valence-corrected chi connectivity index (χ3v) is 5.73. The molecule has 120 valence electrons. The van der Waals surface area contributed by atoms with Gasteiger partial charge in [-0.3, -0.25) is 4.79 Å². The summed E-state index contributed by atoms with van der Waals surface area (Å²) < 4.78 is 5.94. The maximum atomic E-state index is 11.4. The summed E-state index contributed by atoms with van der Waals surface area (Å²) in [6, 6.07) is 5.60. The van der Waals surface area contributed by atoms with E-state index in [0.29, 0.717) is 18.1 Å². The summed E-state index contributed by atoms with van der Waals surface area (Å²) in [5, 5.41) is 10.5. The molecule has 1 fully saturated rings. The summed E-state index contributed by atoms with van der Waals surface area (Å²) >= 11 is 0. The molecule has 4 heteroatoms. The summed E-state index contributed by atoms with van der Waals surface area (Å²) in [4.78, 5) is 11.4. The Bertz CT molecular complexity index is 596. The molecule has 3 N–H and O–H groups in total. The van der Waals surface area contributed by atoms with Crippen molar-refractivity contribution in [2.45, 2.75) is 57.0 Å². The molecule has 0 saturated heterocycles. The van der Waals surface area contributed by atoms with Gasteiger partial charge in [0.25, 0.3) is 0 Å². The highest BCUT2D eigenvalue weighted by atomic mass is 16.5. The Morgan fingerprint density at radius 2 is 2.23 bits per heavy atom. The van der Waals surface area contributed by atoms with Gasteiger partial charge in [0.15, 0.2) is 0 Å². The minimum Gasteiger partial charge on any atom is -0.493 e. The van der Waals surface area contributed by atoms with Crippen LogP contribution in [0.3, 0.4) is 0 Å². The molecule has 1 aromatic carbocycles. The molecule has 1 heterocycles. The number of hydrogen-bond acceptors (Lipinski definition) is 3. The number of carbonyl (C=O) groups excluding carboxylic acids is 1. The predicted molar refractivity (Wildman–Crippen MR) is 85.0 cm³/mol. The second-order valence-corrected chi connectivity index (χ2v) is 7.12. The number of ether oxygens (including phenoxy) is 1. The zero-order valence-corrected chi connectivity index (χ0v) is 13.4. The largest absolute Gasteiger partial charge is 0.493 e. The molecule has 0 bridgehead atoms. The highest BCUT2D eigenvalue weighted by Gasteiger charge is 2.48. The number of benzene rings is 1. The Hall–Kier alpha value is -1.55. The van der Waals surface area contributed by atoms with Crippen LogP contribution < -0.4 is 10.5 Å². The van der Waals surface area contributed by atoms with Crippen LogP contribution in [0.15, 0.2) is 18.2 Å². The number of hydrogen-bond donors (Lipinski definition) is 2. The lowest BCUT2D eigenvalue weighted by atomic mass is 9.57. The van der Waals surface area contributed by atoms with Crippen molar-refractivity contribution in [3.8, 4) is 5.75 Å². The Morgan fingerprint density at radius 1 is 1.45 bits per heavy atom. The van der Waals surface area contributed by atoms with Gasteiger partial charge in [-0.05, 0) is 57.1 Å². The Labute approximate surface area is 131 Å². The third kappa shape index (κ3) is 2.39. The zero-order chi connectivity index (χ0) is 16.0. The summed E-state index contributed by atoms with van der Waals surface area (Å²) in [6.45, 7) is 4.78. The average molecular weight is 303 g/mol. The number of aliphatic hydroxyl groups is 1.